The minimum absolute atomic E-state index is 0.290. The molecule has 2 heterocycles. The van der Waals surface area contributed by atoms with Gasteiger partial charge in [-0.05, 0) is 19.4 Å². The summed E-state index contributed by atoms with van der Waals surface area (Å²) in [5, 5.41) is 3.41. The fraction of sp³-hybridized carbons (Fsp3) is 0.909. The predicted molar refractivity (Wildman–Crippen MR) is 57.7 cm³/mol. The maximum Gasteiger partial charge on any atom is 0.224 e. The third-order valence-corrected chi connectivity index (χ3v) is 3.20. The molecule has 0 spiro atoms. The Balaban J connectivity index is 1.74. The monoisotopic (exact) mass is 212 g/mol. The van der Waals surface area contributed by atoms with Crippen LogP contribution in [0, 0.1) is 0 Å². The molecule has 0 aliphatic carbocycles. The highest BCUT2D eigenvalue weighted by molar-refractivity contribution is 5.76. The summed E-state index contributed by atoms with van der Waals surface area (Å²) < 4.78 is 5.23. The van der Waals surface area contributed by atoms with Crippen molar-refractivity contribution in [1.82, 2.24) is 10.2 Å². The Morgan fingerprint density at radius 3 is 2.80 bits per heavy atom. The number of carbonyl (C=O) groups is 1. The number of carbonyl (C=O) groups excluding carboxylic acids is 1. The van der Waals surface area contributed by atoms with E-state index in [4.69, 9.17) is 4.74 Å². The fourth-order valence-corrected chi connectivity index (χ4v) is 2.25. The minimum Gasteiger partial charge on any atom is -0.378 e. The largest absolute Gasteiger partial charge is 0.378 e. The maximum atomic E-state index is 11.9. The summed E-state index contributed by atoms with van der Waals surface area (Å²) in [6.45, 7) is 4.01. The number of ether oxygens (including phenoxy) is 1. The van der Waals surface area contributed by atoms with Gasteiger partial charge in [0.1, 0.15) is 0 Å². The summed E-state index contributed by atoms with van der Waals surface area (Å²) >= 11 is 0. The van der Waals surface area contributed by atoms with Crippen LogP contribution in [0.4, 0.5) is 0 Å². The van der Waals surface area contributed by atoms with Gasteiger partial charge in [-0.15, -0.1) is 0 Å². The highest BCUT2D eigenvalue weighted by Crippen LogP contribution is 2.12. The number of rotatable bonds is 2. The second-order valence-electron chi connectivity index (χ2n) is 4.34. The first-order chi connectivity index (χ1) is 7.36. The molecule has 4 nitrogen and oxygen atoms in total. The van der Waals surface area contributed by atoms with E-state index in [9.17, 15) is 4.79 Å². The third kappa shape index (κ3) is 3.18. The topological polar surface area (TPSA) is 41.6 Å². The third-order valence-electron chi connectivity index (χ3n) is 3.20. The van der Waals surface area contributed by atoms with Gasteiger partial charge in [0.05, 0.1) is 13.2 Å². The van der Waals surface area contributed by atoms with Crippen molar-refractivity contribution in [1.29, 1.82) is 0 Å². The first-order valence-corrected chi connectivity index (χ1v) is 5.95. The molecule has 0 radical (unpaired) electrons. The molecule has 2 aliphatic heterocycles. The molecule has 4 heteroatoms. The smallest absolute Gasteiger partial charge is 0.224 e. The number of hydrogen-bond acceptors (Lipinski definition) is 3. The van der Waals surface area contributed by atoms with Crippen molar-refractivity contribution in [3.05, 3.63) is 0 Å². The summed E-state index contributed by atoms with van der Waals surface area (Å²) in [7, 11) is 0. The lowest BCUT2D eigenvalue weighted by Gasteiger charge is -2.30. The average Bonchev–Trinajstić information content (AvgIpc) is 2.31. The molecule has 0 aromatic heterocycles. The Bertz CT molecular complexity index is 209. The van der Waals surface area contributed by atoms with Gasteiger partial charge in [-0.3, -0.25) is 4.79 Å². The molecular formula is C11H20N2O2. The van der Waals surface area contributed by atoms with E-state index in [-0.39, 0.29) is 5.91 Å². The van der Waals surface area contributed by atoms with Crippen LogP contribution in [0.15, 0.2) is 0 Å². The van der Waals surface area contributed by atoms with E-state index < -0.39 is 0 Å². The van der Waals surface area contributed by atoms with Gasteiger partial charge in [0.15, 0.2) is 0 Å². The molecule has 0 saturated carbocycles. The molecule has 1 N–H and O–H groups in total. The van der Waals surface area contributed by atoms with Gasteiger partial charge in [-0.2, -0.15) is 0 Å². The number of morpholine rings is 1. The number of nitrogens with one attached hydrogen (secondary N) is 1. The second kappa shape index (κ2) is 5.47. The van der Waals surface area contributed by atoms with E-state index in [1.54, 1.807) is 0 Å². The van der Waals surface area contributed by atoms with Crippen molar-refractivity contribution >= 4 is 5.91 Å². The zero-order chi connectivity index (χ0) is 10.5. The lowest BCUT2D eigenvalue weighted by molar-refractivity contribution is -0.135. The molecule has 0 unspecified atom stereocenters. The molecule has 2 rings (SSSR count). The Labute approximate surface area is 91.0 Å². The molecular weight excluding hydrogens is 192 g/mol. The molecule has 0 bridgehead atoms. The molecule has 0 aromatic carbocycles. The average molecular weight is 212 g/mol. The predicted octanol–water partition coefficient (Wildman–Crippen LogP) is 0.377. The van der Waals surface area contributed by atoms with E-state index >= 15 is 0 Å². The van der Waals surface area contributed by atoms with Gasteiger partial charge < -0.3 is 15.0 Å². The van der Waals surface area contributed by atoms with E-state index in [1.165, 1.54) is 12.8 Å². The molecule has 1 atom stereocenters. The van der Waals surface area contributed by atoms with Crippen molar-refractivity contribution in [3.8, 4) is 0 Å². The second-order valence-corrected chi connectivity index (χ2v) is 4.34. The number of nitrogens with zero attached hydrogens (tertiary/aromatic N) is 1. The molecule has 1 amide bonds. The quantitative estimate of drug-likeness (QED) is 0.719. The van der Waals surface area contributed by atoms with Crippen LogP contribution >= 0.6 is 0 Å². The Morgan fingerprint density at radius 2 is 2.13 bits per heavy atom. The first-order valence-electron chi connectivity index (χ1n) is 5.95. The van der Waals surface area contributed by atoms with Crippen LogP contribution in [0.25, 0.3) is 0 Å². The summed E-state index contributed by atoms with van der Waals surface area (Å²) in [6, 6.07) is 0.411. The van der Waals surface area contributed by atoms with E-state index in [1.807, 2.05) is 4.90 Å². The van der Waals surface area contributed by atoms with Gasteiger partial charge in [-0.25, -0.2) is 0 Å². The fourth-order valence-electron chi connectivity index (χ4n) is 2.25. The molecule has 0 aromatic rings. The van der Waals surface area contributed by atoms with Crippen LogP contribution in [0.5, 0.6) is 0 Å². The lowest BCUT2D eigenvalue weighted by Crippen LogP contribution is -2.44. The SMILES string of the molecule is O=C(C[C@H]1CCCCN1)N1CCOCC1. The highest BCUT2D eigenvalue weighted by Gasteiger charge is 2.21. The minimum atomic E-state index is 0.290. The van der Waals surface area contributed by atoms with Crippen molar-refractivity contribution in [2.24, 2.45) is 0 Å². The molecule has 15 heavy (non-hydrogen) atoms. The van der Waals surface area contributed by atoms with Crippen LogP contribution < -0.4 is 5.32 Å². The Morgan fingerprint density at radius 1 is 1.33 bits per heavy atom. The van der Waals surface area contributed by atoms with Gasteiger partial charge in [0, 0.05) is 25.6 Å². The normalized spacial score (nSPS) is 27.7. The van der Waals surface area contributed by atoms with Crippen LogP contribution in [-0.4, -0.2) is 49.7 Å². The zero-order valence-corrected chi connectivity index (χ0v) is 9.21. The van der Waals surface area contributed by atoms with Crippen molar-refractivity contribution in [2.75, 3.05) is 32.8 Å². The van der Waals surface area contributed by atoms with Crippen molar-refractivity contribution in [2.45, 2.75) is 31.7 Å². The van der Waals surface area contributed by atoms with Gasteiger partial charge in [0.25, 0.3) is 0 Å². The summed E-state index contributed by atoms with van der Waals surface area (Å²) in [6.07, 6.45) is 4.33. The number of piperidine rings is 1. The number of amides is 1. The Kier molecular flexibility index (Phi) is 3.97. The van der Waals surface area contributed by atoms with Crippen LogP contribution in [0.1, 0.15) is 25.7 Å². The van der Waals surface area contributed by atoms with Crippen molar-refractivity contribution < 1.29 is 9.53 Å². The molecule has 86 valence electrons. The van der Waals surface area contributed by atoms with Crippen LogP contribution in [0.2, 0.25) is 0 Å². The Hall–Kier alpha value is -0.610. The standard InChI is InChI=1S/C11H20N2O2/c14-11(13-5-7-15-8-6-13)9-10-3-1-2-4-12-10/h10,12H,1-9H2/t10-/m1/s1. The zero-order valence-electron chi connectivity index (χ0n) is 9.21. The highest BCUT2D eigenvalue weighted by atomic mass is 16.5. The summed E-state index contributed by atoms with van der Waals surface area (Å²) in [5.41, 5.74) is 0. The summed E-state index contributed by atoms with van der Waals surface area (Å²) in [4.78, 5) is 13.8. The maximum absolute atomic E-state index is 11.9. The molecule has 2 fully saturated rings. The lowest BCUT2D eigenvalue weighted by atomic mass is 10.0. The van der Waals surface area contributed by atoms with Gasteiger partial charge in [0.2, 0.25) is 5.91 Å². The number of hydrogen-bond donors (Lipinski definition) is 1. The van der Waals surface area contributed by atoms with E-state index in [0.717, 1.165) is 26.1 Å². The molecule has 2 aliphatic rings. The first kappa shape index (κ1) is 10.9. The van der Waals surface area contributed by atoms with Gasteiger partial charge >= 0.3 is 0 Å². The van der Waals surface area contributed by atoms with Gasteiger partial charge in [-0.1, -0.05) is 6.42 Å². The van der Waals surface area contributed by atoms with Crippen molar-refractivity contribution in [3.63, 3.8) is 0 Å². The van der Waals surface area contributed by atoms with Crippen LogP contribution in [0.3, 0.4) is 0 Å². The summed E-state index contributed by atoms with van der Waals surface area (Å²) in [5.74, 6) is 0.290. The van der Waals surface area contributed by atoms with E-state index in [0.29, 0.717) is 25.7 Å². The van der Waals surface area contributed by atoms with E-state index in [2.05, 4.69) is 5.32 Å². The molecule has 2 saturated heterocycles. The van der Waals surface area contributed by atoms with Crippen LogP contribution in [-0.2, 0) is 9.53 Å².